The average Bonchev–Trinajstić information content (AvgIpc) is 3.08. The molecule has 0 saturated carbocycles. The van der Waals surface area contributed by atoms with Crippen LogP contribution in [0.25, 0.3) is 16.7 Å². The number of hydrogen-bond donors (Lipinski definition) is 0. The maximum Gasteiger partial charge on any atom is 0.336 e. The Bertz CT molecular complexity index is 1090. The summed E-state index contributed by atoms with van der Waals surface area (Å²) < 4.78 is 7.81. The highest BCUT2D eigenvalue weighted by Crippen LogP contribution is 2.27. The Hall–Kier alpha value is -2.45. The number of tetrazole rings is 1. The maximum atomic E-state index is 11.8. The van der Waals surface area contributed by atoms with Crippen LogP contribution in [0.1, 0.15) is 5.56 Å². The number of hydrogen-bond acceptors (Lipinski definition) is 6. The van der Waals surface area contributed by atoms with Crippen LogP contribution in [0.4, 0.5) is 0 Å². The van der Waals surface area contributed by atoms with Crippen LogP contribution in [0.15, 0.2) is 73.4 Å². The second-order valence-electron chi connectivity index (χ2n) is 5.23. The molecule has 0 aliphatic rings. The van der Waals surface area contributed by atoms with Gasteiger partial charge in [-0.25, -0.2) is 4.79 Å². The molecule has 0 atom stereocenters. The molecule has 4 rings (SSSR count). The first-order valence-corrected chi connectivity index (χ1v) is 9.17. The molecule has 0 saturated heterocycles. The lowest BCUT2D eigenvalue weighted by molar-refractivity contribution is 0.559. The summed E-state index contributed by atoms with van der Waals surface area (Å²) >= 11 is 4.85. The Morgan fingerprint density at radius 2 is 1.96 bits per heavy atom. The van der Waals surface area contributed by atoms with Crippen molar-refractivity contribution >= 4 is 38.7 Å². The third kappa shape index (κ3) is 3.35. The lowest BCUT2D eigenvalue weighted by Gasteiger charge is -2.06. The first-order valence-electron chi connectivity index (χ1n) is 7.39. The smallest absolute Gasteiger partial charge is 0.336 e. The zero-order valence-corrected chi connectivity index (χ0v) is 15.2. The van der Waals surface area contributed by atoms with Crippen molar-refractivity contribution in [2.45, 2.75) is 10.9 Å². The largest absolute Gasteiger partial charge is 0.423 e. The summed E-state index contributed by atoms with van der Waals surface area (Å²) in [5.74, 6) is 0.553. The highest BCUT2D eigenvalue weighted by atomic mass is 79.9. The predicted octanol–water partition coefficient (Wildman–Crippen LogP) is 3.82. The highest BCUT2D eigenvalue weighted by Gasteiger charge is 2.12. The van der Waals surface area contributed by atoms with Crippen LogP contribution in [0.2, 0.25) is 0 Å². The standard InChI is InChI=1S/C17H11BrN4O2S/c18-12-6-7-14-11(8-16(23)24-15(14)9-12)10-25-17-19-20-21-22(17)13-4-2-1-3-5-13/h1-9H,10H2. The van der Waals surface area contributed by atoms with Gasteiger partial charge in [0.2, 0.25) is 5.16 Å². The van der Waals surface area contributed by atoms with E-state index in [2.05, 4.69) is 31.5 Å². The van der Waals surface area contributed by atoms with Gasteiger partial charge in [-0.3, -0.25) is 0 Å². The second-order valence-corrected chi connectivity index (χ2v) is 7.09. The SMILES string of the molecule is O=c1cc(CSc2nnnn2-c2ccccc2)c2ccc(Br)cc2o1. The Labute approximate surface area is 155 Å². The van der Waals surface area contributed by atoms with E-state index >= 15 is 0 Å². The van der Waals surface area contributed by atoms with E-state index in [0.717, 1.165) is 21.1 Å². The fourth-order valence-electron chi connectivity index (χ4n) is 2.47. The van der Waals surface area contributed by atoms with E-state index in [-0.39, 0.29) is 5.63 Å². The third-order valence-electron chi connectivity index (χ3n) is 3.59. The summed E-state index contributed by atoms with van der Waals surface area (Å²) in [4.78, 5) is 11.8. The molecular weight excluding hydrogens is 404 g/mol. The Morgan fingerprint density at radius 3 is 2.80 bits per heavy atom. The van der Waals surface area contributed by atoms with E-state index in [4.69, 9.17) is 4.42 Å². The Kier molecular flexibility index (Phi) is 4.37. The van der Waals surface area contributed by atoms with Gasteiger partial charge in [0.1, 0.15) is 5.58 Å². The second kappa shape index (κ2) is 6.81. The molecule has 0 N–H and O–H groups in total. The molecule has 0 radical (unpaired) electrons. The van der Waals surface area contributed by atoms with Crippen molar-refractivity contribution in [3.63, 3.8) is 0 Å². The van der Waals surface area contributed by atoms with Gasteiger partial charge in [-0.2, -0.15) is 4.68 Å². The van der Waals surface area contributed by atoms with Crippen molar-refractivity contribution in [1.29, 1.82) is 0 Å². The van der Waals surface area contributed by atoms with E-state index in [1.807, 2.05) is 42.5 Å². The van der Waals surface area contributed by atoms with Crippen LogP contribution in [-0.4, -0.2) is 20.2 Å². The molecule has 6 nitrogen and oxygen atoms in total. The normalized spacial score (nSPS) is 11.1. The topological polar surface area (TPSA) is 73.8 Å². The number of nitrogens with zero attached hydrogens (tertiary/aromatic N) is 4. The summed E-state index contributed by atoms with van der Waals surface area (Å²) in [7, 11) is 0. The van der Waals surface area contributed by atoms with Gasteiger partial charge < -0.3 is 4.42 Å². The van der Waals surface area contributed by atoms with Gasteiger partial charge >= 0.3 is 5.63 Å². The molecule has 0 bridgehead atoms. The van der Waals surface area contributed by atoms with Gasteiger partial charge in [-0.15, -0.1) is 5.10 Å². The molecule has 0 amide bonds. The van der Waals surface area contributed by atoms with E-state index in [9.17, 15) is 4.79 Å². The number of aromatic nitrogens is 4. The quantitative estimate of drug-likeness (QED) is 0.373. The lowest BCUT2D eigenvalue weighted by Crippen LogP contribution is -2.01. The van der Waals surface area contributed by atoms with Crippen molar-refractivity contribution in [3.8, 4) is 5.69 Å². The minimum atomic E-state index is -0.371. The van der Waals surface area contributed by atoms with Crippen molar-refractivity contribution in [2.75, 3.05) is 0 Å². The molecule has 2 heterocycles. The zero-order chi connectivity index (χ0) is 17.2. The van der Waals surface area contributed by atoms with E-state index in [1.165, 1.54) is 17.8 Å². The fourth-order valence-corrected chi connectivity index (χ4v) is 3.69. The number of fused-ring (bicyclic) bond motifs is 1. The van der Waals surface area contributed by atoms with Crippen LogP contribution >= 0.6 is 27.7 Å². The van der Waals surface area contributed by atoms with Gasteiger partial charge in [-0.05, 0) is 46.3 Å². The fraction of sp³-hybridized carbons (Fsp3) is 0.0588. The Morgan fingerprint density at radius 1 is 1.12 bits per heavy atom. The van der Waals surface area contributed by atoms with Gasteiger partial charge in [-0.1, -0.05) is 45.9 Å². The van der Waals surface area contributed by atoms with Crippen LogP contribution in [-0.2, 0) is 5.75 Å². The molecule has 0 spiro atoms. The molecule has 0 aliphatic heterocycles. The number of halogens is 1. The minimum absolute atomic E-state index is 0.371. The van der Waals surface area contributed by atoms with Gasteiger partial charge in [0.05, 0.1) is 5.69 Å². The van der Waals surface area contributed by atoms with Crippen molar-refractivity contribution in [3.05, 3.63) is 75.1 Å². The molecule has 25 heavy (non-hydrogen) atoms. The summed E-state index contributed by atoms with van der Waals surface area (Å²) in [5, 5.41) is 13.4. The van der Waals surface area contributed by atoms with Crippen LogP contribution in [0.5, 0.6) is 0 Å². The molecule has 2 aromatic heterocycles. The van der Waals surface area contributed by atoms with Crippen LogP contribution < -0.4 is 5.63 Å². The summed E-state index contributed by atoms with van der Waals surface area (Å²) in [6, 6.07) is 16.8. The van der Waals surface area contributed by atoms with Crippen molar-refractivity contribution in [1.82, 2.24) is 20.2 Å². The lowest BCUT2D eigenvalue weighted by atomic mass is 10.1. The average molecular weight is 415 g/mol. The zero-order valence-electron chi connectivity index (χ0n) is 12.8. The number of para-hydroxylation sites is 1. The number of benzene rings is 2. The third-order valence-corrected chi connectivity index (χ3v) is 5.05. The molecule has 2 aromatic carbocycles. The molecule has 4 aromatic rings. The minimum Gasteiger partial charge on any atom is -0.423 e. The first-order chi connectivity index (χ1) is 12.2. The first kappa shape index (κ1) is 16.0. The van der Waals surface area contributed by atoms with Gasteiger partial charge in [0.15, 0.2) is 0 Å². The maximum absolute atomic E-state index is 11.8. The number of thioether (sulfide) groups is 1. The van der Waals surface area contributed by atoms with Crippen LogP contribution in [0.3, 0.4) is 0 Å². The van der Waals surface area contributed by atoms with Gasteiger partial charge in [0.25, 0.3) is 0 Å². The highest BCUT2D eigenvalue weighted by molar-refractivity contribution is 9.10. The van der Waals surface area contributed by atoms with E-state index in [1.54, 1.807) is 10.7 Å². The van der Waals surface area contributed by atoms with Crippen molar-refractivity contribution < 1.29 is 4.42 Å². The molecule has 0 fully saturated rings. The number of rotatable bonds is 4. The molecular formula is C17H11BrN4O2S. The van der Waals surface area contributed by atoms with Gasteiger partial charge in [0, 0.05) is 21.7 Å². The molecule has 0 aliphatic carbocycles. The molecule has 0 unspecified atom stereocenters. The summed E-state index contributed by atoms with van der Waals surface area (Å²) in [5.41, 5.74) is 1.95. The summed E-state index contributed by atoms with van der Waals surface area (Å²) in [6.07, 6.45) is 0. The molecule has 124 valence electrons. The monoisotopic (exact) mass is 414 g/mol. The molecule has 8 heteroatoms. The predicted molar refractivity (Wildman–Crippen MR) is 98.9 cm³/mol. The van der Waals surface area contributed by atoms with Crippen molar-refractivity contribution in [2.24, 2.45) is 0 Å². The summed E-state index contributed by atoms with van der Waals surface area (Å²) in [6.45, 7) is 0. The van der Waals surface area contributed by atoms with E-state index in [0.29, 0.717) is 16.5 Å². The van der Waals surface area contributed by atoms with Crippen LogP contribution in [0, 0.1) is 0 Å². The Balaban J connectivity index is 1.66. The van der Waals surface area contributed by atoms with E-state index < -0.39 is 0 Å².